The average Bonchev–Trinajstić information content (AvgIpc) is 1.77. The van der Waals surface area contributed by atoms with E-state index in [1.54, 1.807) is 0 Å². The Morgan fingerprint density at radius 3 is 2.11 bits per heavy atom. The summed E-state index contributed by atoms with van der Waals surface area (Å²) >= 11 is 0. The van der Waals surface area contributed by atoms with Gasteiger partial charge in [0, 0.05) is 0 Å². The molecule has 46 valence electrons. The van der Waals surface area contributed by atoms with Crippen molar-refractivity contribution in [3.05, 3.63) is 19.2 Å². The van der Waals surface area contributed by atoms with Crippen molar-refractivity contribution >= 4 is 0 Å². The Morgan fingerprint density at radius 2 is 1.78 bits per heavy atom. The smallest absolute Gasteiger partial charge is 0.459 e. The van der Waals surface area contributed by atoms with Gasteiger partial charge in [-0.3, -0.25) is 7.05 Å². The van der Waals surface area contributed by atoms with Crippen LogP contribution in [0.5, 0.6) is 0 Å². The molecule has 0 aromatic carbocycles. The molecule has 1 aliphatic rings. The second kappa shape index (κ2) is 5.05. The van der Waals surface area contributed by atoms with Crippen LogP contribution in [0.2, 0.25) is 0 Å². The van der Waals surface area contributed by atoms with Gasteiger partial charge in [0.05, 0.1) is 0 Å². The molecule has 9 heavy (non-hydrogen) atoms. The molecule has 1 fully saturated rings. The second-order valence-corrected chi connectivity index (χ2v) is 2.37. The molecule has 0 aromatic heterocycles. The Balaban J connectivity index is 0.000000640. The van der Waals surface area contributed by atoms with Gasteiger partial charge in [-0.25, -0.2) is 0 Å². The van der Waals surface area contributed by atoms with E-state index >= 15 is 0 Å². The van der Waals surface area contributed by atoms with E-state index < -0.39 is 0 Å². The van der Waals surface area contributed by atoms with E-state index in [-0.39, 0.29) is 51.4 Å². The summed E-state index contributed by atoms with van der Waals surface area (Å²) < 4.78 is 0. The summed E-state index contributed by atoms with van der Waals surface area (Å²) in [6, 6.07) is 0. The minimum Gasteiger partial charge on any atom is -0.459 e. The van der Waals surface area contributed by atoms with Crippen LogP contribution in [0, 0.1) is 7.05 Å². The molecular weight excluding hydrogens is 137 g/mol. The normalized spacial score (nSPS) is 21.2. The molecule has 0 radical (unpaired) electrons. The van der Waals surface area contributed by atoms with E-state index in [2.05, 4.69) is 18.5 Å². The number of rotatable bonds is 0. The van der Waals surface area contributed by atoms with Crippen LogP contribution in [-0.2, 0) is 0 Å². The molecular formula is C7H12KN. The second-order valence-electron chi connectivity index (χ2n) is 2.37. The molecule has 0 spiro atoms. The first-order valence-electron chi connectivity index (χ1n) is 3.01. The first-order valence-corrected chi connectivity index (χ1v) is 3.01. The summed E-state index contributed by atoms with van der Waals surface area (Å²) in [6.45, 7) is 6.09. The van der Waals surface area contributed by atoms with Crippen LogP contribution >= 0.6 is 0 Å². The molecule has 0 amide bonds. The first-order chi connectivity index (χ1) is 3.79. The van der Waals surface area contributed by atoms with Crippen LogP contribution < -0.4 is 51.4 Å². The summed E-state index contributed by atoms with van der Waals surface area (Å²) in [6.07, 6.45) is 2.28. The van der Waals surface area contributed by atoms with E-state index in [0.717, 1.165) is 25.9 Å². The van der Waals surface area contributed by atoms with E-state index in [9.17, 15) is 0 Å². The third-order valence-corrected chi connectivity index (χ3v) is 1.56. The summed E-state index contributed by atoms with van der Waals surface area (Å²) in [5.41, 5.74) is 1.38. The molecule has 0 N–H and O–H groups in total. The summed E-state index contributed by atoms with van der Waals surface area (Å²) in [5.74, 6) is 0. The Morgan fingerprint density at radius 1 is 1.33 bits per heavy atom. The van der Waals surface area contributed by atoms with Crippen molar-refractivity contribution in [2.45, 2.75) is 12.8 Å². The number of piperidine rings is 1. The zero-order valence-electron chi connectivity index (χ0n) is 6.19. The van der Waals surface area contributed by atoms with Gasteiger partial charge in [-0.2, -0.15) is 0 Å². The summed E-state index contributed by atoms with van der Waals surface area (Å²) in [7, 11) is 3.82. The van der Waals surface area contributed by atoms with Crippen molar-refractivity contribution in [1.29, 1.82) is 0 Å². The van der Waals surface area contributed by atoms with Gasteiger partial charge in [0.1, 0.15) is 0 Å². The third kappa shape index (κ3) is 3.91. The number of hydrogen-bond donors (Lipinski definition) is 0. The first kappa shape index (κ1) is 10.3. The molecule has 1 aliphatic heterocycles. The van der Waals surface area contributed by atoms with Crippen LogP contribution in [0.25, 0.3) is 0 Å². The van der Waals surface area contributed by atoms with Crippen LogP contribution in [0.1, 0.15) is 12.8 Å². The van der Waals surface area contributed by atoms with Gasteiger partial charge in [0.15, 0.2) is 0 Å². The molecule has 0 atom stereocenters. The van der Waals surface area contributed by atoms with Gasteiger partial charge in [-0.15, -0.1) is 0 Å². The standard InChI is InChI=1S/C7H12N.K/c1-7-3-5-8(2)6-4-7;/h1-6H2;/q-1;+1. The Labute approximate surface area is 99.9 Å². The van der Waals surface area contributed by atoms with Crippen molar-refractivity contribution in [3.8, 4) is 0 Å². The molecule has 0 saturated carbocycles. The largest absolute Gasteiger partial charge is 1.00 e. The average molecular weight is 149 g/mol. The van der Waals surface area contributed by atoms with E-state index in [4.69, 9.17) is 0 Å². The molecule has 1 nitrogen and oxygen atoms in total. The van der Waals surface area contributed by atoms with Crippen molar-refractivity contribution < 1.29 is 51.4 Å². The molecule has 0 unspecified atom stereocenters. The zero-order chi connectivity index (χ0) is 5.98. The molecule has 0 aromatic rings. The van der Waals surface area contributed by atoms with Gasteiger partial charge in [-0.05, 0) is 25.9 Å². The monoisotopic (exact) mass is 149 g/mol. The van der Waals surface area contributed by atoms with Gasteiger partial charge in [-0.1, -0.05) is 12.2 Å². The fourth-order valence-corrected chi connectivity index (χ4v) is 0.869. The van der Waals surface area contributed by atoms with E-state index in [0.29, 0.717) is 0 Å². The molecule has 1 saturated heterocycles. The number of likely N-dealkylation sites (tertiary alicyclic amines) is 1. The maximum absolute atomic E-state index is 3.89. The molecule has 2 heteroatoms. The van der Waals surface area contributed by atoms with E-state index in [1.807, 2.05) is 0 Å². The SMILES string of the molecule is C=C1CCN([CH2-])CC1.[K+]. The quantitative estimate of drug-likeness (QED) is 0.229. The van der Waals surface area contributed by atoms with Crippen LogP contribution in [0.3, 0.4) is 0 Å². The van der Waals surface area contributed by atoms with Crippen molar-refractivity contribution in [3.63, 3.8) is 0 Å². The molecule has 0 aliphatic carbocycles. The summed E-state index contributed by atoms with van der Waals surface area (Å²) in [5, 5.41) is 0. The van der Waals surface area contributed by atoms with Gasteiger partial charge in [0.25, 0.3) is 0 Å². The van der Waals surface area contributed by atoms with Gasteiger partial charge < -0.3 is 4.90 Å². The third-order valence-electron chi connectivity index (χ3n) is 1.56. The van der Waals surface area contributed by atoms with Crippen molar-refractivity contribution in [1.82, 2.24) is 4.90 Å². The maximum Gasteiger partial charge on any atom is 1.00 e. The number of hydrogen-bond acceptors (Lipinski definition) is 1. The van der Waals surface area contributed by atoms with Crippen LogP contribution in [0.15, 0.2) is 12.2 Å². The Bertz CT molecular complexity index is 91.1. The zero-order valence-corrected chi connectivity index (χ0v) is 9.31. The predicted molar refractivity (Wildman–Crippen MR) is 35.3 cm³/mol. The topological polar surface area (TPSA) is 3.24 Å². The van der Waals surface area contributed by atoms with Crippen LogP contribution in [0.4, 0.5) is 0 Å². The fraction of sp³-hybridized carbons (Fsp3) is 0.571. The molecule has 1 rings (SSSR count). The number of nitrogens with zero attached hydrogens (tertiary/aromatic N) is 1. The fourth-order valence-electron chi connectivity index (χ4n) is 0.869. The van der Waals surface area contributed by atoms with Gasteiger partial charge >= 0.3 is 51.4 Å². The Kier molecular flexibility index (Phi) is 5.80. The van der Waals surface area contributed by atoms with Crippen molar-refractivity contribution in [2.24, 2.45) is 0 Å². The minimum absolute atomic E-state index is 0. The summed E-state index contributed by atoms with van der Waals surface area (Å²) in [4.78, 5) is 2.09. The van der Waals surface area contributed by atoms with Crippen LogP contribution in [-0.4, -0.2) is 18.0 Å². The van der Waals surface area contributed by atoms with Crippen molar-refractivity contribution in [2.75, 3.05) is 13.1 Å². The molecule has 0 bridgehead atoms. The van der Waals surface area contributed by atoms with E-state index in [1.165, 1.54) is 5.57 Å². The maximum atomic E-state index is 3.89. The predicted octanol–water partition coefficient (Wildman–Crippen LogP) is -1.57. The Hall–Kier alpha value is 1.34. The van der Waals surface area contributed by atoms with Gasteiger partial charge in [0.2, 0.25) is 0 Å². The molecule has 1 heterocycles. The minimum atomic E-state index is 0.